The number of hydrogen-bond acceptors (Lipinski definition) is 6. The molecule has 8 nitrogen and oxygen atoms in total. The van der Waals surface area contributed by atoms with E-state index in [0.717, 1.165) is 41.7 Å². The predicted octanol–water partition coefficient (Wildman–Crippen LogP) is 4.37. The summed E-state index contributed by atoms with van der Waals surface area (Å²) < 4.78 is 11.5. The Morgan fingerprint density at radius 3 is 2.50 bits per heavy atom. The number of ether oxygens (including phenoxy) is 2. The molecule has 2 N–H and O–H groups in total. The largest absolute Gasteiger partial charge is 0.493 e. The Morgan fingerprint density at radius 2 is 1.82 bits per heavy atom. The number of benzene rings is 2. The van der Waals surface area contributed by atoms with Crippen molar-refractivity contribution in [3.63, 3.8) is 0 Å². The molecular weight excluding hydrogens is 480 g/mol. The first-order valence-electron chi connectivity index (χ1n) is 13.6. The molecule has 0 bridgehead atoms. The maximum atomic E-state index is 13.1. The highest BCUT2D eigenvalue weighted by Gasteiger charge is 2.32. The average molecular weight is 519 g/mol. The van der Waals surface area contributed by atoms with Crippen molar-refractivity contribution in [2.24, 2.45) is 11.7 Å². The lowest BCUT2D eigenvalue weighted by atomic mass is 9.94. The SMILES string of the molecule is CC(C)OC(=O)N1CCC(COc2ccc(-c3ccccc3)c(C[C@H](N)C(=O)N3CCC[C@H]3C#N)c2)CC1. The molecule has 0 aromatic heterocycles. The van der Waals surface area contributed by atoms with Gasteiger partial charge in [-0.1, -0.05) is 36.4 Å². The van der Waals surface area contributed by atoms with Gasteiger partial charge in [-0.2, -0.15) is 5.26 Å². The monoisotopic (exact) mass is 518 g/mol. The lowest BCUT2D eigenvalue weighted by molar-refractivity contribution is -0.132. The fourth-order valence-electron chi connectivity index (χ4n) is 5.20. The minimum atomic E-state index is -0.739. The van der Waals surface area contributed by atoms with Crippen LogP contribution >= 0.6 is 0 Å². The normalized spacial score (nSPS) is 18.8. The smallest absolute Gasteiger partial charge is 0.410 e. The summed E-state index contributed by atoms with van der Waals surface area (Å²) in [7, 11) is 0. The average Bonchev–Trinajstić information content (AvgIpc) is 3.41. The summed E-state index contributed by atoms with van der Waals surface area (Å²) in [5.74, 6) is 0.899. The highest BCUT2D eigenvalue weighted by atomic mass is 16.6. The van der Waals surface area contributed by atoms with Crippen LogP contribution in [0.25, 0.3) is 11.1 Å². The summed E-state index contributed by atoms with van der Waals surface area (Å²) in [6.07, 6.45) is 3.23. The van der Waals surface area contributed by atoms with Crippen LogP contribution in [0.15, 0.2) is 48.5 Å². The topological polar surface area (TPSA) is 109 Å². The van der Waals surface area contributed by atoms with Crippen molar-refractivity contribution in [3.05, 3.63) is 54.1 Å². The van der Waals surface area contributed by atoms with E-state index in [-0.39, 0.29) is 18.1 Å². The van der Waals surface area contributed by atoms with Gasteiger partial charge in [0.15, 0.2) is 0 Å². The summed E-state index contributed by atoms with van der Waals surface area (Å²) in [5.41, 5.74) is 9.41. The van der Waals surface area contributed by atoms with Gasteiger partial charge in [-0.15, -0.1) is 0 Å². The Labute approximate surface area is 225 Å². The molecule has 8 heteroatoms. The van der Waals surface area contributed by atoms with E-state index in [1.807, 2.05) is 62.4 Å². The zero-order chi connectivity index (χ0) is 27.1. The van der Waals surface area contributed by atoms with Crippen LogP contribution in [-0.4, -0.2) is 66.2 Å². The van der Waals surface area contributed by atoms with Gasteiger partial charge in [-0.05, 0) is 80.7 Å². The lowest BCUT2D eigenvalue weighted by Gasteiger charge is -2.31. The van der Waals surface area contributed by atoms with Crippen molar-refractivity contribution in [2.45, 2.75) is 64.1 Å². The fraction of sp³-hybridized carbons (Fsp3) is 0.500. The van der Waals surface area contributed by atoms with Crippen LogP contribution in [0.4, 0.5) is 4.79 Å². The van der Waals surface area contributed by atoms with Crippen LogP contribution in [0, 0.1) is 17.2 Å². The summed E-state index contributed by atoms with van der Waals surface area (Å²) >= 11 is 0. The summed E-state index contributed by atoms with van der Waals surface area (Å²) in [5, 5.41) is 9.40. The number of rotatable bonds is 8. The first-order chi connectivity index (χ1) is 18.4. The van der Waals surface area contributed by atoms with Gasteiger partial charge in [-0.25, -0.2) is 4.79 Å². The molecule has 0 radical (unpaired) electrons. The van der Waals surface area contributed by atoms with E-state index in [4.69, 9.17) is 15.2 Å². The highest BCUT2D eigenvalue weighted by molar-refractivity contribution is 5.83. The van der Waals surface area contributed by atoms with Gasteiger partial charge < -0.3 is 25.0 Å². The number of hydrogen-bond donors (Lipinski definition) is 1. The van der Waals surface area contributed by atoms with Crippen LogP contribution < -0.4 is 10.5 Å². The Bertz CT molecular complexity index is 1140. The molecule has 202 valence electrons. The first-order valence-corrected chi connectivity index (χ1v) is 13.6. The van der Waals surface area contributed by atoms with E-state index in [1.54, 1.807) is 9.80 Å². The number of nitrogens with zero attached hydrogens (tertiary/aromatic N) is 3. The van der Waals surface area contributed by atoms with Gasteiger partial charge in [0.05, 0.1) is 24.8 Å². The number of amides is 2. The maximum absolute atomic E-state index is 13.1. The molecule has 2 saturated heterocycles. The van der Waals surface area contributed by atoms with Crippen molar-refractivity contribution in [1.29, 1.82) is 5.26 Å². The molecule has 2 aromatic carbocycles. The Kier molecular flexibility index (Phi) is 9.24. The molecule has 2 atom stereocenters. The second-order valence-corrected chi connectivity index (χ2v) is 10.5. The number of carbonyl (C=O) groups is 2. The van der Waals surface area contributed by atoms with Crippen molar-refractivity contribution in [1.82, 2.24) is 9.80 Å². The molecule has 2 fully saturated rings. The number of nitrogens with two attached hydrogens (primary N) is 1. The van der Waals surface area contributed by atoms with Gasteiger partial charge in [0.25, 0.3) is 0 Å². The van der Waals surface area contributed by atoms with Crippen molar-refractivity contribution >= 4 is 12.0 Å². The molecule has 0 saturated carbocycles. The van der Waals surface area contributed by atoms with Crippen molar-refractivity contribution in [3.8, 4) is 22.9 Å². The Hall–Kier alpha value is -3.57. The van der Waals surface area contributed by atoms with E-state index in [0.29, 0.717) is 45.0 Å². The third-order valence-electron chi connectivity index (χ3n) is 7.30. The molecule has 2 aliphatic rings. The fourth-order valence-corrected chi connectivity index (χ4v) is 5.20. The molecule has 0 unspecified atom stereocenters. The van der Waals surface area contributed by atoms with Crippen LogP contribution in [-0.2, 0) is 16.0 Å². The number of likely N-dealkylation sites (tertiary alicyclic amines) is 2. The molecule has 2 amide bonds. The molecule has 0 aliphatic carbocycles. The molecule has 0 spiro atoms. The van der Waals surface area contributed by atoms with Crippen molar-refractivity contribution in [2.75, 3.05) is 26.2 Å². The Morgan fingerprint density at radius 1 is 1.08 bits per heavy atom. The molecule has 2 aromatic rings. The Balaban J connectivity index is 1.42. The molecule has 2 heterocycles. The quantitative estimate of drug-likeness (QED) is 0.556. The predicted molar refractivity (Wildman–Crippen MR) is 145 cm³/mol. The third-order valence-corrected chi connectivity index (χ3v) is 7.30. The zero-order valence-electron chi connectivity index (χ0n) is 22.3. The van der Waals surface area contributed by atoms with E-state index in [2.05, 4.69) is 6.07 Å². The standard InChI is InChI=1S/C30H38N4O4/c1-21(2)38-30(36)33-15-12-22(13-16-33)20-37-26-10-11-27(23-7-4-3-5-8-23)24(17-26)18-28(32)29(35)34-14-6-9-25(34)19-31/h3-5,7-8,10-11,17,21-22,25,28H,6,9,12-16,18,20,32H2,1-2H3/t25-,28-/m0/s1. The first kappa shape index (κ1) is 27.5. The van der Waals surface area contributed by atoms with Crippen molar-refractivity contribution < 1.29 is 19.1 Å². The van der Waals surface area contributed by atoms with Crippen LogP contribution in [0.2, 0.25) is 0 Å². The number of piperidine rings is 1. The summed E-state index contributed by atoms with van der Waals surface area (Å²) in [6.45, 7) is 6.17. The van der Waals surface area contributed by atoms with Crippen LogP contribution in [0.3, 0.4) is 0 Å². The maximum Gasteiger partial charge on any atom is 0.410 e. The van der Waals surface area contributed by atoms with Gasteiger partial charge in [0.1, 0.15) is 11.8 Å². The summed E-state index contributed by atoms with van der Waals surface area (Å²) in [4.78, 5) is 28.6. The van der Waals surface area contributed by atoms with E-state index in [9.17, 15) is 14.9 Å². The van der Waals surface area contributed by atoms with Gasteiger partial charge in [0.2, 0.25) is 5.91 Å². The highest BCUT2D eigenvalue weighted by Crippen LogP contribution is 2.30. The van der Waals surface area contributed by atoms with E-state index in [1.165, 1.54) is 0 Å². The minimum Gasteiger partial charge on any atom is -0.493 e. The second-order valence-electron chi connectivity index (χ2n) is 10.5. The molecule has 2 aliphatic heterocycles. The van der Waals surface area contributed by atoms with Gasteiger partial charge >= 0.3 is 6.09 Å². The molecule has 38 heavy (non-hydrogen) atoms. The van der Waals surface area contributed by atoms with E-state index >= 15 is 0 Å². The number of nitriles is 1. The van der Waals surface area contributed by atoms with Gasteiger partial charge in [0, 0.05) is 19.6 Å². The van der Waals surface area contributed by atoms with Crippen LogP contribution in [0.5, 0.6) is 5.75 Å². The molecule has 4 rings (SSSR count). The summed E-state index contributed by atoms with van der Waals surface area (Å²) in [6, 6.07) is 17.1. The minimum absolute atomic E-state index is 0.122. The third kappa shape index (κ3) is 6.84. The molecular formula is C30H38N4O4. The lowest BCUT2D eigenvalue weighted by Crippen LogP contribution is -2.46. The van der Waals surface area contributed by atoms with E-state index < -0.39 is 12.1 Å². The number of carbonyl (C=O) groups excluding carboxylic acids is 2. The second kappa shape index (κ2) is 12.8. The van der Waals surface area contributed by atoms with Gasteiger partial charge in [-0.3, -0.25) is 4.79 Å². The van der Waals surface area contributed by atoms with Crippen LogP contribution in [0.1, 0.15) is 45.1 Å². The zero-order valence-corrected chi connectivity index (χ0v) is 22.3.